The Bertz CT molecular complexity index is 459. The van der Waals surface area contributed by atoms with Gasteiger partial charge in [0.2, 0.25) is 0 Å². The maximum Gasteiger partial charge on any atom is 0.320 e. The standard InChI is InChI=1S/C10H9NO4.C5H10O/c1-11(15-7-13)10(14)9-5-3-2-4-8(9)6-12;1-2-4-6-5-3-1/h2-7H,1H3;1-5H2. The molecule has 0 bridgehead atoms. The molecule has 1 fully saturated rings. The summed E-state index contributed by atoms with van der Waals surface area (Å²) in [5.74, 6) is -0.551. The van der Waals surface area contributed by atoms with Crippen molar-refractivity contribution in [3.63, 3.8) is 0 Å². The lowest BCUT2D eigenvalue weighted by molar-refractivity contribution is -0.156. The smallest absolute Gasteiger partial charge is 0.320 e. The van der Waals surface area contributed by atoms with E-state index in [0.717, 1.165) is 18.3 Å². The summed E-state index contributed by atoms with van der Waals surface area (Å²) in [5, 5.41) is 0.759. The number of carbonyl (C=O) groups is 3. The number of carbonyl (C=O) groups excluding carboxylic acids is 3. The van der Waals surface area contributed by atoms with E-state index in [1.807, 2.05) is 0 Å². The van der Waals surface area contributed by atoms with Crippen LogP contribution in [0.3, 0.4) is 0 Å². The van der Waals surface area contributed by atoms with Gasteiger partial charge < -0.3 is 9.57 Å². The normalized spacial score (nSPS) is 13.4. The van der Waals surface area contributed by atoms with E-state index < -0.39 is 5.91 Å². The van der Waals surface area contributed by atoms with Crippen LogP contribution in [0.25, 0.3) is 0 Å². The summed E-state index contributed by atoms with van der Waals surface area (Å²) in [4.78, 5) is 36.6. The number of ether oxygens (including phenoxy) is 1. The maximum absolute atomic E-state index is 11.6. The molecule has 1 amide bonds. The predicted octanol–water partition coefficient (Wildman–Crippen LogP) is 1.85. The average molecular weight is 293 g/mol. The first-order chi connectivity index (χ1) is 10.2. The van der Waals surface area contributed by atoms with Crippen LogP contribution in [0.4, 0.5) is 0 Å². The average Bonchev–Trinajstić information content (AvgIpc) is 2.56. The van der Waals surface area contributed by atoms with Crippen molar-refractivity contribution in [2.24, 2.45) is 0 Å². The molecule has 0 N–H and O–H groups in total. The minimum atomic E-state index is -0.551. The van der Waals surface area contributed by atoms with E-state index >= 15 is 0 Å². The van der Waals surface area contributed by atoms with Gasteiger partial charge in [0, 0.05) is 25.8 Å². The summed E-state index contributed by atoms with van der Waals surface area (Å²) in [6, 6.07) is 6.25. The van der Waals surface area contributed by atoms with E-state index in [-0.39, 0.29) is 17.6 Å². The molecule has 2 rings (SSSR count). The zero-order valence-electron chi connectivity index (χ0n) is 12.0. The molecular formula is C15H19NO5. The second kappa shape index (κ2) is 9.66. The van der Waals surface area contributed by atoms with Gasteiger partial charge in [-0.25, -0.2) is 0 Å². The molecule has 0 radical (unpaired) electrons. The summed E-state index contributed by atoms with van der Waals surface area (Å²) in [6.45, 7) is 2.14. The van der Waals surface area contributed by atoms with Crippen LogP contribution in [0.1, 0.15) is 40.0 Å². The second-order valence-corrected chi connectivity index (χ2v) is 4.38. The fourth-order valence-electron chi connectivity index (χ4n) is 1.76. The quantitative estimate of drug-likeness (QED) is 0.625. The van der Waals surface area contributed by atoms with Crippen LogP contribution in [0.15, 0.2) is 24.3 Å². The van der Waals surface area contributed by atoms with Gasteiger partial charge in [0.25, 0.3) is 5.91 Å². The maximum atomic E-state index is 11.6. The van der Waals surface area contributed by atoms with Crippen LogP contribution in [-0.2, 0) is 14.4 Å². The third-order valence-corrected chi connectivity index (χ3v) is 2.88. The first kappa shape index (κ1) is 16.8. The van der Waals surface area contributed by atoms with Gasteiger partial charge in [-0.3, -0.25) is 14.4 Å². The Labute approximate surface area is 123 Å². The molecule has 6 nitrogen and oxygen atoms in total. The summed E-state index contributed by atoms with van der Waals surface area (Å²) in [5.41, 5.74) is 0.445. The Hall–Kier alpha value is -2.21. The topological polar surface area (TPSA) is 72.9 Å². The fraction of sp³-hybridized carbons (Fsp3) is 0.400. The summed E-state index contributed by atoms with van der Waals surface area (Å²) in [6.07, 6.45) is 4.50. The highest BCUT2D eigenvalue weighted by Gasteiger charge is 2.15. The van der Waals surface area contributed by atoms with Crippen molar-refractivity contribution in [3.05, 3.63) is 35.4 Å². The molecule has 1 saturated heterocycles. The largest absolute Gasteiger partial charge is 0.381 e. The van der Waals surface area contributed by atoms with Crippen molar-refractivity contribution < 1.29 is 24.0 Å². The lowest BCUT2D eigenvalue weighted by Gasteiger charge is -2.13. The Morgan fingerprint density at radius 1 is 1.19 bits per heavy atom. The Balaban J connectivity index is 0.000000304. The Kier molecular flexibility index (Phi) is 7.74. The van der Waals surface area contributed by atoms with Gasteiger partial charge in [0.05, 0.1) is 5.56 Å². The second-order valence-electron chi connectivity index (χ2n) is 4.38. The van der Waals surface area contributed by atoms with E-state index in [2.05, 4.69) is 4.84 Å². The highest BCUT2D eigenvalue weighted by atomic mass is 16.7. The molecule has 1 aromatic rings. The molecule has 0 saturated carbocycles. The van der Waals surface area contributed by atoms with Gasteiger partial charge in [0.15, 0.2) is 6.29 Å². The zero-order valence-corrected chi connectivity index (χ0v) is 12.0. The highest BCUT2D eigenvalue weighted by molar-refractivity contribution is 6.00. The van der Waals surface area contributed by atoms with Crippen LogP contribution in [0.2, 0.25) is 0 Å². The van der Waals surface area contributed by atoms with Crippen molar-refractivity contribution in [2.75, 3.05) is 20.3 Å². The van der Waals surface area contributed by atoms with Gasteiger partial charge in [-0.15, -0.1) is 0 Å². The molecule has 0 aliphatic carbocycles. The summed E-state index contributed by atoms with van der Waals surface area (Å²) in [7, 11) is 1.29. The monoisotopic (exact) mass is 293 g/mol. The molecular weight excluding hydrogens is 274 g/mol. The number of amides is 1. The van der Waals surface area contributed by atoms with Gasteiger partial charge in [-0.2, -0.15) is 5.06 Å². The first-order valence-electron chi connectivity index (χ1n) is 6.71. The zero-order chi connectivity index (χ0) is 15.5. The Morgan fingerprint density at radius 2 is 1.86 bits per heavy atom. The highest BCUT2D eigenvalue weighted by Crippen LogP contribution is 2.08. The molecule has 0 aromatic heterocycles. The molecule has 21 heavy (non-hydrogen) atoms. The molecule has 0 spiro atoms. The van der Waals surface area contributed by atoms with Crippen LogP contribution < -0.4 is 0 Å². The molecule has 114 valence electrons. The number of hydrogen-bond acceptors (Lipinski definition) is 5. The number of aldehydes is 1. The number of rotatable bonds is 4. The SMILES string of the molecule is C1CCOCC1.CN(OC=O)C(=O)c1ccccc1C=O. The third-order valence-electron chi connectivity index (χ3n) is 2.88. The molecule has 1 aliphatic heterocycles. The Morgan fingerprint density at radius 3 is 2.33 bits per heavy atom. The van der Waals surface area contributed by atoms with Crippen LogP contribution in [-0.4, -0.2) is 44.0 Å². The molecule has 1 aromatic carbocycles. The molecule has 0 unspecified atom stereocenters. The van der Waals surface area contributed by atoms with E-state index in [4.69, 9.17) is 4.74 Å². The van der Waals surface area contributed by atoms with E-state index in [1.54, 1.807) is 12.1 Å². The lowest BCUT2D eigenvalue weighted by Crippen LogP contribution is -2.27. The predicted molar refractivity (Wildman–Crippen MR) is 75.7 cm³/mol. The molecule has 1 aliphatic rings. The number of nitrogens with zero attached hydrogens (tertiary/aromatic N) is 1. The van der Waals surface area contributed by atoms with E-state index in [9.17, 15) is 14.4 Å². The van der Waals surface area contributed by atoms with Crippen LogP contribution in [0, 0.1) is 0 Å². The van der Waals surface area contributed by atoms with Crippen molar-refractivity contribution in [3.8, 4) is 0 Å². The molecule has 1 heterocycles. The molecule has 6 heteroatoms. The number of hydroxylamine groups is 2. The minimum absolute atomic E-state index is 0.140. The van der Waals surface area contributed by atoms with Crippen molar-refractivity contribution in [2.45, 2.75) is 19.3 Å². The number of hydrogen-bond donors (Lipinski definition) is 0. The number of benzene rings is 1. The van der Waals surface area contributed by atoms with E-state index in [1.165, 1.54) is 38.4 Å². The summed E-state index contributed by atoms with van der Waals surface area (Å²) < 4.78 is 5.07. The van der Waals surface area contributed by atoms with Gasteiger partial charge in [0.1, 0.15) is 0 Å². The summed E-state index contributed by atoms with van der Waals surface area (Å²) >= 11 is 0. The lowest BCUT2D eigenvalue weighted by atomic mass is 10.1. The van der Waals surface area contributed by atoms with Crippen LogP contribution >= 0.6 is 0 Å². The van der Waals surface area contributed by atoms with Gasteiger partial charge in [-0.1, -0.05) is 18.2 Å². The third kappa shape index (κ3) is 5.74. The van der Waals surface area contributed by atoms with Crippen molar-refractivity contribution in [1.29, 1.82) is 0 Å². The van der Waals surface area contributed by atoms with Gasteiger partial charge in [-0.05, 0) is 25.3 Å². The minimum Gasteiger partial charge on any atom is -0.381 e. The first-order valence-corrected chi connectivity index (χ1v) is 6.71. The fourth-order valence-corrected chi connectivity index (χ4v) is 1.76. The molecule has 0 atom stereocenters. The van der Waals surface area contributed by atoms with Crippen LogP contribution in [0.5, 0.6) is 0 Å². The van der Waals surface area contributed by atoms with E-state index in [0.29, 0.717) is 6.29 Å². The van der Waals surface area contributed by atoms with Gasteiger partial charge >= 0.3 is 6.47 Å². The van der Waals surface area contributed by atoms with Crippen molar-refractivity contribution in [1.82, 2.24) is 5.06 Å². The van der Waals surface area contributed by atoms with Crippen molar-refractivity contribution >= 4 is 18.7 Å².